The van der Waals surface area contributed by atoms with Crippen molar-refractivity contribution in [2.24, 2.45) is 0 Å². The molecule has 3 heteroatoms. The standard InChI is InChI=1S/C17H20N2O/c1-20-17-5-3-2-4-16(17)15-8-11-19(13-15)12-14-6-9-18-10-7-14/h2-7,9-10,15H,8,11-13H2,1H3. The number of rotatable bonds is 4. The van der Waals surface area contributed by atoms with Gasteiger partial charge >= 0.3 is 0 Å². The Bertz CT molecular complexity index is 556. The first kappa shape index (κ1) is 13.1. The molecule has 0 aliphatic carbocycles. The van der Waals surface area contributed by atoms with Gasteiger partial charge in [0.2, 0.25) is 0 Å². The lowest BCUT2D eigenvalue weighted by Gasteiger charge is -2.17. The number of methoxy groups -OCH3 is 1. The summed E-state index contributed by atoms with van der Waals surface area (Å²) in [5.74, 6) is 1.59. The molecule has 1 aliphatic rings. The van der Waals surface area contributed by atoms with Gasteiger partial charge in [-0.05, 0) is 42.3 Å². The Kier molecular flexibility index (Phi) is 3.97. The first-order chi connectivity index (χ1) is 9.86. The van der Waals surface area contributed by atoms with Crippen LogP contribution in [0.3, 0.4) is 0 Å². The largest absolute Gasteiger partial charge is 0.496 e. The lowest BCUT2D eigenvalue weighted by Crippen LogP contribution is -2.19. The Hall–Kier alpha value is -1.87. The Morgan fingerprint density at radius 3 is 2.80 bits per heavy atom. The number of nitrogens with zero attached hydrogens (tertiary/aromatic N) is 2. The summed E-state index contributed by atoms with van der Waals surface area (Å²) in [6.45, 7) is 3.25. The fraction of sp³-hybridized carbons (Fsp3) is 0.353. The second kappa shape index (κ2) is 6.06. The van der Waals surface area contributed by atoms with Crippen LogP contribution in [0.5, 0.6) is 5.75 Å². The molecule has 1 unspecified atom stereocenters. The highest BCUT2D eigenvalue weighted by molar-refractivity contribution is 5.37. The second-order valence-electron chi connectivity index (χ2n) is 5.32. The summed E-state index contributed by atoms with van der Waals surface area (Å²) in [5, 5.41) is 0. The van der Waals surface area contributed by atoms with Crippen molar-refractivity contribution in [1.82, 2.24) is 9.88 Å². The second-order valence-corrected chi connectivity index (χ2v) is 5.32. The predicted octanol–water partition coefficient (Wildman–Crippen LogP) is 3.08. The number of aromatic nitrogens is 1. The molecule has 3 rings (SSSR count). The quantitative estimate of drug-likeness (QED) is 0.852. The van der Waals surface area contributed by atoms with Gasteiger partial charge in [-0.15, -0.1) is 0 Å². The molecule has 20 heavy (non-hydrogen) atoms. The van der Waals surface area contributed by atoms with Crippen LogP contribution in [0.1, 0.15) is 23.5 Å². The molecule has 2 heterocycles. The molecule has 1 fully saturated rings. The van der Waals surface area contributed by atoms with Crippen molar-refractivity contribution in [3.63, 3.8) is 0 Å². The zero-order valence-corrected chi connectivity index (χ0v) is 11.8. The minimum Gasteiger partial charge on any atom is -0.496 e. The number of para-hydroxylation sites is 1. The number of benzene rings is 1. The summed E-state index contributed by atoms with van der Waals surface area (Å²) in [4.78, 5) is 6.58. The number of hydrogen-bond donors (Lipinski definition) is 0. The van der Waals surface area contributed by atoms with Crippen molar-refractivity contribution in [1.29, 1.82) is 0 Å². The van der Waals surface area contributed by atoms with E-state index in [0.29, 0.717) is 5.92 Å². The summed E-state index contributed by atoms with van der Waals surface area (Å²) < 4.78 is 5.48. The van der Waals surface area contributed by atoms with E-state index >= 15 is 0 Å². The highest BCUT2D eigenvalue weighted by Crippen LogP contribution is 2.33. The monoisotopic (exact) mass is 268 g/mol. The van der Waals surface area contributed by atoms with Gasteiger partial charge in [-0.25, -0.2) is 0 Å². The van der Waals surface area contributed by atoms with E-state index in [2.05, 4.69) is 40.2 Å². The summed E-state index contributed by atoms with van der Waals surface area (Å²) in [7, 11) is 1.75. The molecule has 1 aromatic carbocycles. The summed E-state index contributed by atoms with van der Waals surface area (Å²) in [6.07, 6.45) is 4.93. The molecule has 0 saturated carbocycles. The highest BCUT2D eigenvalue weighted by atomic mass is 16.5. The highest BCUT2D eigenvalue weighted by Gasteiger charge is 2.25. The van der Waals surface area contributed by atoms with Crippen LogP contribution >= 0.6 is 0 Å². The molecule has 0 bridgehead atoms. The van der Waals surface area contributed by atoms with Crippen LogP contribution in [0, 0.1) is 0 Å². The maximum atomic E-state index is 5.48. The summed E-state index contributed by atoms with van der Waals surface area (Å²) >= 11 is 0. The molecule has 1 saturated heterocycles. The molecule has 0 spiro atoms. The molecule has 0 amide bonds. The number of likely N-dealkylation sites (tertiary alicyclic amines) is 1. The van der Waals surface area contributed by atoms with E-state index in [-0.39, 0.29) is 0 Å². The van der Waals surface area contributed by atoms with E-state index in [0.717, 1.165) is 25.4 Å². The Balaban J connectivity index is 1.67. The molecule has 1 atom stereocenters. The minimum absolute atomic E-state index is 0.577. The van der Waals surface area contributed by atoms with E-state index in [1.54, 1.807) is 7.11 Å². The third kappa shape index (κ3) is 2.83. The molecular weight excluding hydrogens is 248 g/mol. The van der Waals surface area contributed by atoms with Crippen LogP contribution in [0.4, 0.5) is 0 Å². The van der Waals surface area contributed by atoms with E-state index in [1.807, 2.05) is 18.5 Å². The molecular formula is C17H20N2O. The van der Waals surface area contributed by atoms with Crippen molar-refractivity contribution in [3.8, 4) is 5.75 Å². The third-order valence-corrected chi connectivity index (χ3v) is 4.01. The van der Waals surface area contributed by atoms with Crippen LogP contribution in [-0.2, 0) is 6.54 Å². The predicted molar refractivity (Wildman–Crippen MR) is 79.9 cm³/mol. The van der Waals surface area contributed by atoms with Gasteiger partial charge in [0, 0.05) is 31.4 Å². The van der Waals surface area contributed by atoms with Crippen LogP contribution in [0.25, 0.3) is 0 Å². The average Bonchev–Trinajstić information content (AvgIpc) is 2.96. The maximum Gasteiger partial charge on any atom is 0.122 e. The minimum atomic E-state index is 0.577. The molecule has 2 aromatic rings. The third-order valence-electron chi connectivity index (χ3n) is 4.01. The van der Waals surface area contributed by atoms with Crippen molar-refractivity contribution in [2.75, 3.05) is 20.2 Å². The fourth-order valence-corrected chi connectivity index (χ4v) is 2.98. The fourth-order valence-electron chi connectivity index (χ4n) is 2.98. The van der Waals surface area contributed by atoms with Gasteiger partial charge in [0.05, 0.1) is 7.11 Å². The first-order valence-corrected chi connectivity index (χ1v) is 7.11. The van der Waals surface area contributed by atoms with Crippen molar-refractivity contribution >= 4 is 0 Å². The molecule has 0 radical (unpaired) electrons. The SMILES string of the molecule is COc1ccccc1C1CCN(Cc2ccncc2)C1. The Morgan fingerprint density at radius 1 is 1.20 bits per heavy atom. The average molecular weight is 268 g/mol. The van der Waals surface area contributed by atoms with Gasteiger partial charge in [-0.2, -0.15) is 0 Å². The van der Waals surface area contributed by atoms with E-state index in [9.17, 15) is 0 Å². The van der Waals surface area contributed by atoms with E-state index in [4.69, 9.17) is 4.74 Å². The van der Waals surface area contributed by atoms with Gasteiger partial charge in [-0.1, -0.05) is 18.2 Å². The zero-order chi connectivity index (χ0) is 13.8. The zero-order valence-electron chi connectivity index (χ0n) is 11.8. The lowest BCUT2D eigenvalue weighted by atomic mass is 9.97. The van der Waals surface area contributed by atoms with Gasteiger partial charge < -0.3 is 4.74 Å². The molecule has 1 aliphatic heterocycles. The molecule has 0 N–H and O–H groups in total. The number of pyridine rings is 1. The molecule has 3 nitrogen and oxygen atoms in total. The number of hydrogen-bond acceptors (Lipinski definition) is 3. The van der Waals surface area contributed by atoms with Gasteiger partial charge in [0.25, 0.3) is 0 Å². The normalized spacial score (nSPS) is 19.1. The van der Waals surface area contributed by atoms with Crippen LogP contribution in [0.2, 0.25) is 0 Å². The maximum absolute atomic E-state index is 5.48. The van der Waals surface area contributed by atoms with E-state index in [1.165, 1.54) is 17.5 Å². The van der Waals surface area contributed by atoms with Gasteiger partial charge in [0.1, 0.15) is 5.75 Å². The molecule has 1 aromatic heterocycles. The summed E-state index contributed by atoms with van der Waals surface area (Å²) in [6, 6.07) is 12.6. The van der Waals surface area contributed by atoms with Gasteiger partial charge in [0.15, 0.2) is 0 Å². The summed E-state index contributed by atoms with van der Waals surface area (Å²) in [5.41, 5.74) is 2.67. The molecule has 104 valence electrons. The Morgan fingerprint density at radius 2 is 2.00 bits per heavy atom. The van der Waals surface area contributed by atoms with Crippen molar-refractivity contribution < 1.29 is 4.74 Å². The van der Waals surface area contributed by atoms with Gasteiger partial charge in [-0.3, -0.25) is 9.88 Å². The van der Waals surface area contributed by atoms with Crippen molar-refractivity contribution in [3.05, 3.63) is 59.9 Å². The van der Waals surface area contributed by atoms with Crippen molar-refractivity contribution in [2.45, 2.75) is 18.9 Å². The Labute approximate surface area is 120 Å². The number of ether oxygens (including phenoxy) is 1. The van der Waals surface area contributed by atoms with Crippen LogP contribution in [-0.4, -0.2) is 30.1 Å². The van der Waals surface area contributed by atoms with Crippen LogP contribution < -0.4 is 4.74 Å². The first-order valence-electron chi connectivity index (χ1n) is 7.11. The topological polar surface area (TPSA) is 25.4 Å². The lowest BCUT2D eigenvalue weighted by molar-refractivity contribution is 0.325. The van der Waals surface area contributed by atoms with E-state index < -0.39 is 0 Å². The smallest absolute Gasteiger partial charge is 0.122 e. The van der Waals surface area contributed by atoms with Crippen LogP contribution in [0.15, 0.2) is 48.8 Å².